The number of rotatable bonds is 5. The molecule has 0 aliphatic carbocycles. The summed E-state index contributed by atoms with van der Waals surface area (Å²) in [7, 11) is 1.86. The van der Waals surface area contributed by atoms with Crippen LogP contribution in [-0.2, 0) is 0 Å². The van der Waals surface area contributed by atoms with E-state index < -0.39 is 0 Å². The Morgan fingerprint density at radius 2 is 2.24 bits per heavy atom. The lowest BCUT2D eigenvalue weighted by Gasteiger charge is -2.22. The summed E-state index contributed by atoms with van der Waals surface area (Å²) < 4.78 is 0. The number of aliphatic hydroxyl groups excluding tert-OH is 1. The summed E-state index contributed by atoms with van der Waals surface area (Å²) in [6.07, 6.45) is 0.638. The predicted octanol–water partition coefficient (Wildman–Crippen LogP) is 1.25. The Kier molecular flexibility index (Phi) is 5.06. The molecule has 5 nitrogen and oxygen atoms in total. The van der Waals surface area contributed by atoms with Crippen LogP contribution in [0.15, 0.2) is 23.4 Å². The van der Waals surface area contributed by atoms with E-state index in [4.69, 9.17) is 27.6 Å². The number of aliphatic hydroxyl groups is 1. The van der Waals surface area contributed by atoms with Crippen LogP contribution < -0.4 is 10.6 Å². The lowest BCUT2D eigenvalue weighted by atomic mass is 10.1. The minimum absolute atomic E-state index is 0.0347. The highest BCUT2D eigenvalue weighted by Crippen LogP contribution is 2.24. The van der Waals surface area contributed by atoms with E-state index in [1.807, 2.05) is 11.9 Å². The van der Waals surface area contributed by atoms with Crippen molar-refractivity contribution in [1.82, 2.24) is 0 Å². The summed E-state index contributed by atoms with van der Waals surface area (Å²) in [5.41, 5.74) is 6.97. The summed E-state index contributed by atoms with van der Waals surface area (Å²) in [4.78, 5) is 1.90. The van der Waals surface area contributed by atoms with Crippen LogP contribution in [0, 0.1) is 0 Å². The Morgan fingerprint density at radius 3 is 2.82 bits per heavy atom. The summed E-state index contributed by atoms with van der Waals surface area (Å²) >= 11 is 5.92. The van der Waals surface area contributed by atoms with Crippen LogP contribution in [0.1, 0.15) is 12.0 Å². The SMILES string of the molecule is CN(CCCO)c1cc(Cl)ccc1/C(N)=N/O. The standard InChI is InChI=1S/C11H16ClN3O2/c1-15(5-2-6-16)10-7-8(12)3-4-9(10)11(13)14-17/h3-4,7,16-17H,2,5-6H2,1H3,(H2,13,14). The zero-order valence-corrected chi connectivity index (χ0v) is 10.4. The van der Waals surface area contributed by atoms with Crippen molar-refractivity contribution < 1.29 is 10.3 Å². The van der Waals surface area contributed by atoms with Crippen molar-refractivity contribution in [3.8, 4) is 0 Å². The highest BCUT2D eigenvalue weighted by molar-refractivity contribution is 6.31. The van der Waals surface area contributed by atoms with Crippen molar-refractivity contribution in [3.05, 3.63) is 28.8 Å². The first-order chi connectivity index (χ1) is 8.10. The smallest absolute Gasteiger partial charge is 0.172 e. The molecular weight excluding hydrogens is 242 g/mol. The largest absolute Gasteiger partial charge is 0.409 e. The number of hydrogen-bond donors (Lipinski definition) is 3. The van der Waals surface area contributed by atoms with Gasteiger partial charge in [-0.2, -0.15) is 0 Å². The van der Waals surface area contributed by atoms with Gasteiger partial charge in [0.2, 0.25) is 0 Å². The molecule has 4 N–H and O–H groups in total. The molecule has 0 fully saturated rings. The molecule has 1 aromatic carbocycles. The molecular formula is C11H16ClN3O2. The molecule has 0 atom stereocenters. The van der Waals surface area contributed by atoms with Gasteiger partial charge >= 0.3 is 0 Å². The third-order valence-electron chi connectivity index (χ3n) is 2.41. The van der Waals surface area contributed by atoms with Gasteiger partial charge in [0.25, 0.3) is 0 Å². The molecule has 6 heteroatoms. The number of hydrogen-bond acceptors (Lipinski definition) is 4. The maximum absolute atomic E-state index is 8.80. The van der Waals surface area contributed by atoms with Crippen LogP contribution in [-0.4, -0.2) is 36.3 Å². The van der Waals surface area contributed by atoms with Gasteiger partial charge in [-0.05, 0) is 24.6 Å². The van der Waals surface area contributed by atoms with Gasteiger partial charge in [-0.25, -0.2) is 0 Å². The molecule has 17 heavy (non-hydrogen) atoms. The lowest BCUT2D eigenvalue weighted by Crippen LogP contribution is -2.24. The molecule has 0 spiro atoms. The maximum Gasteiger partial charge on any atom is 0.172 e. The molecule has 0 heterocycles. The van der Waals surface area contributed by atoms with Crippen molar-refractivity contribution in [2.75, 3.05) is 25.1 Å². The van der Waals surface area contributed by atoms with E-state index >= 15 is 0 Å². The van der Waals surface area contributed by atoms with Gasteiger partial charge in [-0.1, -0.05) is 16.8 Å². The Balaban J connectivity index is 3.06. The van der Waals surface area contributed by atoms with E-state index in [0.29, 0.717) is 23.6 Å². The number of halogens is 1. The van der Waals surface area contributed by atoms with E-state index in [0.717, 1.165) is 5.69 Å². The van der Waals surface area contributed by atoms with Gasteiger partial charge in [-0.3, -0.25) is 0 Å². The van der Waals surface area contributed by atoms with Crippen LogP contribution in [0.25, 0.3) is 0 Å². The van der Waals surface area contributed by atoms with Gasteiger partial charge in [0.05, 0.1) is 0 Å². The minimum atomic E-state index is 0.0347. The fourth-order valence-corrected chi connectivity index (χ4v) is 1.69. The third kappa shape index (κ3) is 3.51. The van der Waals surface area contributed by atoms with E-state index in [-0.39, 0.29) is 12.4 Å². The first-order valence-corrected chi connectivity index (χ1v) is 5.57. The molecule has 1 rings (SSSR count). The molecule has 0 aliphatic rings. The van der Waals surface area contributed by atoms with E-state index in [1.165, 1.54) is 0 Å². The molecule has 0 aromatic heterocycles. The number of anilines is 1. The van der Waals surface area contributed by atoms with Gasteiger partial charge in [-0.15, -0.1) is 0 Å². The molecule has 0 aliphatic heterocycles. The quantitative estimate of drug-likeness (QED) is 0.321. The fourth-order valence-electron chi connectivity index (χ4n) is 1.52. The van der Waals surface area contributed by atoms with Gasteiger partial charge < -0.3 is 20.9 Å². The summed E-state index contributed by atoms with van der Waals surface area (Å²) in [6, 6.07) is 5.12. The van der Waals surface area contributed by atoms with Crippen molar-refractivity contribution in [2.24, 2.45) is 10.9 Å². The van der Waals surface area contributed by atoms with Crippen LogP contribution in [0.2, 0.25) is 5.02 Å². The second kappa shape index (κ2) is 6.32. The van der Waals surface area contributed by atoms with Crippen LogP contribution in [0.4, 0.5) is 5.69 Å². The zero-order chi connectivity index (χ0) is 12.8. The normalized spacial score (nSPS) is 11.6. The average molecular weight is 258 g/mol. The van der Waals surface area contributed by atoms with Crippen LogP contribution in [0.3, 0.4) is 0 Å². The van der Waals surface area contributed by atoms with Crippen molar-refractivity contribution >= 4 is 23.1 Å². The van der Waals surface area contributed by atoms with Gasteiger partial charge in [0, 0.05) is 36.5 Å². The lowest BCUT2D eigenvalue weighted by molar-refractivity contribution is 0.290. The minimum Gasteiger partial charge on any atom is -0.409 e. The molecule has 0 bridgehead atoms. The topological polar surface area (TPSA) is 82.1 Å². The third-order valence-corrected chi connectivity index (χ3v) is 2.64. The highest BCUT2D eigenvalue weighted by atomic mass is 35.5. The number of amidine groups is 1. The molecule has 1 aromatic rings. The maximum atomic E-state index is 8.80. The monoisotopic (exact) mass is 257 g/mol. The van der Waals surface area contributed by atoms with Crippen molar-refractivity contribution in [3.63, 3.8) is 0 Å². The Labute approximate surface area is 105 Å². The Bertz CT molecular complexity index is 410. The van der Waals surface area contributed by atoms with Crippen molar-refractivity contribution in [1.29, 1.82) is 0 Å². The zero-order valence-electron chi connectivity index (χ0n) is 9.60. The first kappa shape index (κ1) is 13.6. The number of oxime groups is 1. The Hall–Kier alpha value is -1.46. The molecule has 0 unspecified atom stereocenters. The molecule has 94 valence electrons. The molecule has 0 saturated heterocycles. The summed E-state index contributed by atoms with van der Waals surface area (Å²) in [5, 5.41) is 21.1. The van der Waals surface area contributed by atoms with Crippen LogP contribution >= 0.6 is 11.6 Å². The van der Waals surface area contributed by atoms with Crippen molar-refractivity contribution in [2.45, 2.75) is 6.42 Å². The highest BCUT2D eigenvalue weighted by Gasteiger charge is 2.11. The van der Waals surface area contributed by atoms with E-state index in [9.17, 15) is 0 Å². The summed E-state index contributed by atoms with van der Waals surface area (Å²) in [5.74, 6) is 0.0347. The van der Waals surface area contributed by atoms with Gasteiger partial charge in [0.15, 0.2) is 5.84 Å². The number of nitrogens with two attached hydrogens (primary N) is 1. The average Bonchev–Trinajstić information content (AvgIpc) is 2.34. The molecule has 0 radical (unpaired) electrons. The predicted molar refractivity (Wildman–Crippen MR) is 68.9 cm³/mol. The number of benzene rings is 1. The van der Waals surface area contributed by atoms with Gasteiger partial charge in [0.1, 0.15) is 0 Å². The molecule has 0 saturated carbocycles. The van der Waals surface area contributed by atoms with Crippen LogP contribution in [0.5, 0.6) is 0 Å². The first-order valence-electron chi connectivity index (χ1n) is 5.19. The second-order valence-corrected chi connectivity index (χ2v) is 4.08. The van der Waals surface area contributed by atoms with E-state index in [1.54, 1.807) is 18.2 Å². The second-order valence-electron chi connectivity index (χ2n) is 3.65. The Morgan fingerprint density at radius 1 is 1.53 bits per heavy atom. The number of nitrogens with zero attached hydrogens (tertiary/aromatic N) is 2. The molecule has 0 amide bonds. The fraction of sp³-hybridized carbons (Fsp3) is 0.364. The summed E-state index contributed by atoms with van der Waals surface area (Å²) in [6.45, 7) is 0.770. The van der Waals surface area contributed by atoms with E-state index in [2.05, 4.69) is 5.16 Å².